The largest absolute Gasteiger partial charge is 0.457 e. The maximum atomic E-state index is 10.0. The molecule has 0 radical (unpaired) electrons. The summed E-state index contributed by atoms with van der Waals surface area (Å²) in [4.78, 5) is 10.9. The molecule has 0 amide bonds. The van der Waals surface area contributed by atoms with Gasteiger partial charge in [0, 0.05) is 27.8 Å². The summed E-state index contributed by atoms with van der Waals surface area (Å²) in [5, 5.41) is 10.0. The summed E-state index contributed by atoms with van der Waals surface area (Å²) in [6, 6.07) is 71.7. The highest BCUT2D eigenvalue weighted by Crippen LogP contribution is 2.64. The van der Waals surface area contributed by atoms with Gasteiger partial charge in [-0.3, -0.25) is 0 Å². The molecule has 11 rings (SSSR count). The van der Waals surface area contributed by atoms with Crippen LogP contribution in [0.1, 0.15) is 27.8 Å². The standard InChI is InChI=1S/C54H33N3O/c55-34-35-15-11-21-39(31-35)41-23-13-27-45-51(41)52-42(24-14-28-46(52)54(45)43-25-7-9-29-49(43)58-50-30-10-8-26-44(50)54)53-56-47(37-18-5-2-6-19-37)33-48(57-53)40-22-12-20-38(32-40)36-16-3-1-4-17-36/h1-33H. The molecule has 58 heavy (non-hydrogen) atoms. The Bertz CT molecular complexity index is 3060. The van der Waals surface area contributed by atoms with E-state index in [0.717, 1.165) is 95.2 Å². The highest BCUT2D eigenvalue weighted by atomic mass is 16.5. The zero-order valence-corrected chi connectivity index (χ0v) is 31.3. The van der Waals surface area contributed by atoms with Gasteiger partial charge in [0.05, 0.1) is 28.4 Å². The van der Waals surface area contributed by atoms with E-state index in [1.807, 2.05) is 42.5 Å². The summed E-state index contributed by atoms with van der Waals surface area (Å²) >= 11 is 0. The Morgan fingerprint density at radius 2 is 0.897 bits per heavy atom. The third kappa shape index (κ3) is 5.15. The molecule has 0 unspecified atom stereocenters. The van der Waals surface area contributed by atoms with Crippen molar-refractivity contribution < 1.29 is 4.74 Å². The molecule has 2 heterocycles. The number of nitriles is 1. The van der Waals surface area contributed by atoms with Gasteiger partial charge in [-0.2, -0.15) is 5.26 Å². The van der Waals surface area contributed by atoms with Crippen LogP contribution in [0.2, 0.25) is 0 Å². The molecule has 0 atom stereocenters. The van der Waals surface area contributed by atoms with Crippen LogP contribution in [0.5, 0.6) is 11.5 Å². The SMILES string of the molecule is N#Cc1cccc(-c2cccc3c2-c2c(-c4nc(-c5ccccc5)cc(-c5cccc(-c6ccccc6)c5)n4)cccc2C32c3ccccc3Oc3ccccc32)c1. The Morgan fingerprint density at radius 3 is 1.59 bits per heavy atom. The lowest BCUT2D eigenvalue weighted by atomic mass is 9.66. The van der Waals surface area contributed by atoms with Crippen molar-refractivity contribution in [3.05, 3.63) is 228 Å². The van der Waals surface area contributed by atoms with E-state index >= 15 is 0 Å². The number of nitrogens with zero attached hydrogens (tertiary/aromatic N) is 3. The molecular formula is C54H33N3O. The van der Waals surface area contributed by atoms with Crippen LogP contribution >= 0.6 is 0 Å². The molecule has 4 nitrogen and oxygen atoms in total. The summed E-state index contributed by atoms with van der Waals surface area (Å²) in [7, 11) is 0. The molecule has 1 aromatic heterocycles. The second-order valence-corrected chi connectivity index (χ2v) is 14.8. The van der Waals surface area contributed by atoms with E-state index in [9.17, 15) is 5.26 Å². The third-order valence-corrected chi connectivity index (χ3v) is 11.6. The minimum Gasteiger partial charge on any atom is -0.457 e. The van der Waals surface area contributed by atoms with Crippen molar-refractivity contribution in [3.8, 4) is 84.9 Å². The topological polar surface area (TPSA) is 58.8 Å². The Labute approximate surface area is 337 Å². The average molecular weight is 740 g/mol. The van der Waals surface area contributed by atoms with Crippen LogP contribution in [-0.4, -0.2) is 9.97 Å². The van der Waals surface area contributed by atoms with Crippen molar-refractivity contribution in [2.24, 2.45) is 0 Å². The van der Waals surface area contributed by atoms with Gasteiger partial charge in [-0.05, 0) is 80.9 Å². The summed E-state index contributed by atoms with van der Waals surface area (Å²) in [6.07, 6.45) is 0. The zero-order valence-electron chi connectivity index (χ0n) is 31.3. The molecule has 270 valence electrons. The molecule has 1 spiro atoms. The van der Waals surface area contributed by atoms with Crippen LogP contribution in [0, 0.1) is 11.3 Å². The normalized spacial score (nSPS) is 12.7. The van der Waals surface area contributed by atoms with E-state index in [-0.39, 0.29) is 0 Å². The lowest BCUT2D eigenvalue weighted by molar-refractivity contribution is 0.436. The highest BCUT2D eigenvalue weighted by Gasteiger charge is 2.52. The van der Waals surface area contributed by atoms with Gasteiger partial charge in [-0.25, -0.2) is 9.97 Å². The number of para-hydroxylation sites is 2. The van der Waals surface area contributed by atoms with E-state index in [1.54, 1.807) is 0 Å². The lowest BCUT2D eigenvalue weighted by Crippen LogP contribution is -2.32. The van der Waals surface area contributed by atoms with Crippen molar-refractivity contribution >= 4 is 0 Å². The monoisotopic (exact) mass is 739 g/mol. The van der Waals surface area contributed by atoms with Crippen molar-refractivity contribution in [2.45, 2.75) is 5.41 Å². The van der Waals surface area contributed by atoms with Gasteiger partial charge in [-0.15, -0.1) is 0 Å². The Balaban J connectivity index is 1.24. The van der Waals surface area contributed by atoms with E-state index in [2.05, 4.69) is 164 Å². The fourth-order valence-corrected chi connectivity index (χ4v) is 9.13. The molecule has 1 aliphatic carbocycles. The Morgan fingerprint density at radius 1 is 0.397 bits per heavy atom. The first-order chi connectivity index (χ1) is 28.7. The third-order valence-electron chi connectivity index (χ3n) is 11.6. The smallest absolute Gasteiger partial charge is 0.161 e. The van der Waals surface area contributed by atoms with E-state index in [1.165, 1.54) is 0 Å². The molecule has 0 fully saturated rings. The quantitative estimate of drug-likeness (QED) is 0.176. The molecule has 0 bridgehead atoms. The average Bonchev–Trinajstić information content (AvgIpc) is 3.60. The number of benzene rings is 8. The molecule has 2 aliphatic rings. The molecule has 9 aromatic rings. The predicted octanol–water partition coefficient (Wildman–Crippen LogP) is 13.2. The van der Waals surface area contributed by atoms with Crippen LogP contribution in [0.4, 0.5) is 0 Å². The van der Waals surface area contributed by atoms with Gasteiger partial charge in [0.15, 0.2) is 5.82 Å². The summed E-state index contributed by atoms with van der Waals surface area (Å²) in [5.41, 5.74) is 15.4. The van der Waals surface area contributed by atoms with Crippen molar-refractivity contribution in [3.63, 3.8) is 0 Å². The first-order valence-electron chi connectivity index (χ1n) is 19.5. The van der Waals surface area contributed by atoms with Gasteiger partial charge in [-0.1, -0.05) is 164 Å². The number of aromatic nitrogens is 2. The summed E-state index contributed by atoms with van der Waals surface area (Å²) < 4.78 is 6.66. The maximum Gasteiger partial charge on any atom is 0.161 e. The van der Waals surface area contributed by atoms with Crippen LogP contribution < -0.4 is 4.74 Å². The minimum absolute atomic E-state index is 0.611. The number of hydrogen-bond donors (Lipinski definition) is 0. The predicted molar refractivity (Wildman–Crippen MR) is 231 cm³/mol. The molecule has 4 heteroatoms. The van der Waals surface area contributed by atoms with E-state index < -0.39 is 5.41 Å². The second-order valence-electron chi connectivity index (χ2n) is 14.8. The van der Waals surface area contributed by atoms with Gasteiger partial charge >= 0.3 is 0 Å². The number of ether oxygens (including phenoxy) is 1. The first kappa shape index (κ1) is 33.5. The summed E-state index contributed by atoms with van der Waals surface area (Å²) in [5.74, 6) is 2.28. The fraction of sp³-hybridized carbons (Fsp3) is 0.0185. The number of rotatable bonds is 5. The highest BCUT2D eigenvalue weighted by molar-refractivity contribution is 6.02. The van der Waals surface area contributed by atoms with Gasteiger partial charge < -0.3 is 4.74 Å². The van der Waals surface area contributed by atoms with Crippen molar-refractivity contribution in [1.82, 2.24) is 9.97 Å². The molecule has 0 N–H and O–H groups in total. The van der Waals surface area contributed by atoms with Gasteiger partial charge in [0.2, 0.25) is 0 Å². The first-order valence-corrected chi connectivity index (χ1v) is 19.5. The Kier molecular flexibility index (Phi) is 7.74. The van der Waals surface area contributed by atoms with E-state index in [4.69, 9.17) is 14.7 Å². The number of hydrogen-bond acceptors (Lipinski definition) is 4. The maximum absolute atomic E-state index is 10.0. The second kappa shape index (κ2) is 13.4. The van der Waals surface area contributed by atoms with Crippen LogP contribution in [0.25, 0.3) is 67.3 Å². The molecular weight excluding hydrogens is 707 g/mol. The van der Waals surface area contributed by atoms with Gasteiger partial charge in [0.1, 0.15) is 11.5 Å². The molecule has 1 aliphatic heterocycles. The van der Waals surface area contributed by atoms with Crippen LogP contribution in [-0.2, 0) is 5.41 Å². The molecule has 8 aromatic carbocycles. The fourth-order valence-electron chi connectivity index (χ4n) is 9.13. The van der Waals surface area contributed by atoms with Crippen molar-refractivity contribution in [2.75, 3.05) is 0 Å². The van der Waals surface area contributed by atoms with Crippen LogP contribution in [0.3, 0.4) is 0 Å². The number of fused-ring (bicyclic) bond motifs is 9. The molecule has 0 saturated heterocycles. The van der Waals surface area contributed by atoms with Crippen molar-refractivity contribution in [1.29, 1.82) is 5.26 Å². The minimum atomic E-state index is -0.709. The van der Waals surface area contributed by atoms with Crippen LogP contribution in [0.15, 0.2) is 200 Å². The zero-order chi connectivity index (χ0) is 38.6. The molecule has 0 saturated carbocycles. The summed E-state index contributed by atoms with van der Waals surface area (Å²) in [6.45, 7) is 0. The lowest BCUT2D eigenvalue weighted by Gasteiger charge is -2.39. The van der Waals surface area contributed by atoms with E-state index in [0.29, 0.717) is 11.4 Å². The van der Waals surface area contributed by atoms with Gasteiger partial charge in [0.25, 0.3) is 0 Å². The Hall–Kier alpha value is -7.87.